The maximum absolute atomic E-state index is 11.7. The Balaban J connectivity index is 4.54. The van der Waals surface area contributed by atoms with Gasteiger partial charge in [-0.15, -0.1) is 0 Å². The highest BCUT2D eigenvalue weighted by Crippen LogP contribution is 2.12. The number of alkyl carbamates (subject to hydrolysis) is 1. The van der Waals surface area contributed by atoms with Gasteiger partial charge in [0.1, 0.15) is 5.60 Å². The monoisotopic (exact) mass is 289 g/mol. The van der Waals surface area contributed by atoms with Gasteiger partial charge >= 0.3 is 12.1 Å². The molecule has 0 saturated heterocycles. The number of unbranched alkanes of at least 4 members (excludes halogenated alkanes) is 1. The molecule has 0 aromatic heterocycles. The van der Waals surface area contributed by atoms with Crippen LogP contribution in [0.25, 0.3) is 0 Å². The molecule has 0 aliphatic carbocycles. The fourth-order valence-electron chi connectivity index (χ4n) is 1.64. The number of ether oxygens (including phenoxy) is 2. The topological polar surface area (TPSA) is 84.9 Å². The average molecular weight is 289 g/mol. The zero-order chi connectivity index (χ0) is 15.8. The molecule has 0 radical (unpaired) electrons. The first kappa shape index (κ1) is 18.7. The quantitative estimate of drug-likeness (QED) is 0.700. The number of carbonyl (C=O) groups is 2. The highest BCUT2D eigenvalue weighted by atomic mass is 16.6. The predicted octanol–water partition coefficient (Wildman–Crippen LogP) is 1.99. The molecule has 0 fully saturated rings. The van der Waals surface area contributed by atoms with Crippen molar-refractivity contribution in [1.82, 2.24) is 5.32 Å². The summed E-state index contributed by atoms with van der Waals surface area (Å²) in [5, 5.41) is 12.6. The summed E-state index contributed by atoms with van der Waals surface area (Å²) in [6.45, 7) is 7.30. The third kappa shape index (κ3) is 8.74. The van der Waals surface area contributed by atoms with Crippen molar-refractivity contribution in [2.45, 2.75) is 71.1 Å². The van der Waals surface area contributed by atoms with Crippen molar-refractivity contribution in [3.05, 3.63) is 0 Å². The number of hydrogen-bond donors (Lipinski definition) is 2. The van der Waals surface area contributed by atoms with Crippen LogP contribution in [0.4, 0.5) is 4.79 Å². The van der Waals surface area contributed by atoms with Crippen LogP contribution in [0.5, 0.6) is 0 Å². The lowest BCUT2D eigenvalue weighted by Crippen LogP contribution is -2.46. The van der Waals surface area contributed by atoms with E-state index in [0.29, 0.717) is 6.42 Å². The van der Waals surface area contributed by atoms with Gasteiger partial charge < -0.3 is 19.9 Å². The summed E-state index contributed by atoms with van der Waals surface area (Å²) >= 11 is 0. The molecule has 0 unspecified atom stereocenters. The lowest BCUT2D eigenvalue weighted by atomic mass is 10.0. The normalized spacial score (nSPS) is 14.3. The number of rotatable bonds is 7. The minimum absolute atomic E-state index is 0.152. The minimum atomic E-state index is -0.985. The maximum atomic E-state index is 11.7. The number of nitrogens with one attached hydrogen (secondary N) is 1. The number of methoxy groups -OCH3 is 1. The van der Waals surface area contributed by atoms with Gasteiger partial charge in [-0.3, -0.25) is 4.79 Å². The van der Waals surface area contributed by atoms with E-state index in [2.05, 4.69) is 10.1 Å². The molecule has 0 saturated carbocycles. The van der Waals surface area contributed by atoms with E-state index in [0.717, 1.165) is 12.8 Å². The molecule has 0 rings (SSSR count). The Morgan fingerprint density at radius 2 is 1.90 bits per heavy atom. The van der Waals surface area contributed by atoms with E-state index < -0.39 is 29.8 Å². The second-order valence-electron chi connectivity index (χ2n) is 5.74. The van der Waals surface area contributed by atoms with Crippen LogP contribution in [0.15, 0.2) is 0 Å². The third-order valence-electron chi connectivity index (χ3n) is 2.64. The molecule has 0 aromatic rings. The van der Waals surface area contributed by atoms with E-state index in [4.69, 9.17) is 4.74 Å². The first-order chi connectivity index (χ1) is 9.19. The molecule has 6 heteroatoms. The average Bonchev–Trinajstić information content (AvgIpc) is 2.31. The number of aliphatic hydroxyl groups is 1. The molecule has 0 bridgehead atoms. The smallest absolute Gasteiger partial charge is 0.407 e. The standard InChI is InChI=1S/C14H27NO5/c1-6-7-8-10(11(16)9-12(17)19-5)15-13(18)20-14(2,3)4/h10-11,16H,6-9H2,1-5H3,(H,15,18)/t10-,11+/m0/s1. The van der Waals surface area contributed by atoms with Gasteiger partial charge in [0.25, 0.3) is 0 Å². The van der Waals surface area contributed by atoms with E-state index >= 15 is 0 Å². The largest absolute Gasteiger partial charge is 0.469 e. The first-order valence-electron chi connectivity index (χ1n) is 6.94. The fraction of sp³-hybridized carbons (Fsp3) is 0.857. The van der Waals surface area contributed by atoms with E-state index in [-0.39, 0.29) is 6.42 Å². The van der Waals surface area contributed by atoms with Crippen LogP contribution >= 0.6 is 0 Å². The lowest BCUT2D eigenvalue weighted by Gasteiger charge is -2.26. The van der Waals surface area contributed by atoms with Crippen LogP contribution in [-0.2, 0) is 14.3 Å². The molecular weight excluding hydrogens is 262 g/mol. The van der Waals surface area contributed by atoms with Crippen molar-refractivity contribution in [3.63, 3.8) is 0 Å². The van der Waals surface area contributed by atoms with Gasteiger partial charge in [-0.05, 0) is 27.2 Å². The molecule has 2 atom stereocenters. The van der Waals surface area contributed by atoms with Crippen LogP contribution in [-0.4, -0.2) is 42.0 Å². The van der Waals surface area contributed by atoms with E-state index in [1.807, 2.05) is 6.92 Å². The maximum Gasteiger partial charge on any atom is 0.407 e. The number of amides is 1. The Morgan fingerprint density at radius 1 is 1.30 bits per heavy atom. The van der Waals surface area contributed by atoms with Crippen molar-refractivity contribution in [2.75, 3.05) is 7.11 Å². The Labute approximate surface area is 120 Å². The number of hydrogen-bond acceptors (Lipinski definition) is 5. The van der Waals surface area contributed by atoms with Gasteiger partial charge in [0.15, 0.2) is 0 Å². The van der Waals surface area contributed by atoms with Crippen molar-refractivity contribution >= 4 is 12.1 Å². The summed E-state index contributed by atoms with van der Waals surface area (Å²) in [5.41, 5.74) is -0.604. The molecule has 2 N–H and O–H groups in total. The summed E-state index contributed by atoms with van der Waals surface area (Å²) in [6.07, 6.45) is 0.606. The molecule has 0 spiro atoms. The van der Waals surface area contributed by atoms with E-state index in [1.54, 1.807) is 20.8 Å². The van der Waals surface area contributed by atoms with Crippen molar-refractivity contribution in [2.24, 2.45) is 0 Å². The summed E-state index contributed by atoms with van der Waals surface area (Å²) in [5.74, 6) is -0.509. The van der Waals surface area contributed by atoms with Gasteiger partial charge in [-0.1, -0.05) is 19.8 Å². The number of aliphatic hydroxyl groups excluding tert-OH is 1. The highest BCUT2D eigenvalue weighted by molar-refractivity contribution is 5.71. The predicted molar refractivity (Wildman–Crippen MR) is 75.3 cm³/mol. The molecule has 1 amide bonds. The van der Waals surface area contributed by atoms with Crippen LogP contribution in [0, 0.1) is 0 Å². The lowest BCUT2D eigenvalue weighted by molar-refractivity contribution is -0.143. The first-order valence-corrected chi connectivity index (χ1v) is 6.94. The zero-order valence-electron chi connectivity index (χ0n) is 13.1. The van der Waals surface area contributed by atoms with Crippen molar-refractivity contribution in [1.29, 1.82) is 0 Å². The SMILES string of the molecule is CCCC[C@H](NC(=O)OC(C)(C)C)[C@H](O)CC(=O)OC. The van der Waals surface area contributed by atoms with Gasteiger partial charge in [0.2, 0.25) is 0 Å². The van der Waals surface area contributed by atoms with Crippen LogP contribution in [0.3, 0.4) is 0 Å². The van der Waals surface area contributed by atoms with E-state index in [1.165, 1.54) is 7.11 Å². The summed E-state index contributed by atoms with van der Waals surface area (Å²) < 4.78 is 9.67. The molecule has 0 aliphatic rings. The fourth-order valence-corrected chi connectivity index (χ4v) is 1.64. The molecule has 118 valence electrons. The summed E-state index contributed by atoms with van der Waals surface area (Å²) in [6, 6.07) is -0.524. The minimum Gasteiger partial charge on any atom is -0.469 e. The van der Waals surface area contributed by atoms with Gasteiger partial charge in [-0.25, -0.2) is 4.79 Å². The molecule has 6 nitrogen and oxygen atoms in total. The molecule has 0 aromatic carbocycles. The molecule has 0 aliphatic heterocycles. The van der Waals surface area contributed by atoms with Gasteiger partial charge in [0.05, 0.1) is 25.7 Å². The number of esters is 1. The Bertz CT molecular complexity index is 311. The van der Waals surface area contributed by atoms with Crippen LogP contribution in [0.2, 0.25) is 0 Å². The second-order valence-corrected chi connectivity index (χ2v) is 5.74. The van der Waals surface area contributed by atoms with Crippen LogP contribution in [0.1, 0.15) is 53.4 Å². The second kappa shape index (κ2) is 8.79. The Kier molecular flexibility index (Phi) is 8.22. The highest BCUT2D eigenvalue weighted by Gasteiger charge is 2.26. The van der Waals surface area contributed by atoms with Gasteiger partial charge in [-0.2, -0.15) is 0 Å². The molecule has 0 heterocycles. The summed E-state index contributed by atoms with van der Waals surface area (Å²) in [7, 11) is 1.26. The molecular formula is C14H27NO5. The number of carbonyl (C=O) groups excluding carboxylic acids is 2. The molecule has 20 heavy (non-hydrogen) atoms. The van der Waals surface area contributed by atoms with Crippen molar-refractivity contribution < 1.29 is 24.2 Å². The van der Waals surface area contributed by atoms with Gasteiger partial charge in [0, 0.05) is 0 Å². The van der Waals surface area contributed by atoms with Crippen LogP contribution < -0.4 is 5.32 Å². The zero-order valence-corrected chi connectivity index (χ0v) is 13.1. The van der Waals surface area contributed by atoms with Crippen molar-refractivity contribution in [3.8, 4) is 0 Å². The summed E-state index contributed by atoms with van der Waals surface area (Å²) in [4.78, 5) is 22.9. The third-order valence-corrected chi connectivity index (χ3v) is 2.64. The Morgan fingerprint density at radius 3 is 2.35 bits per heavy atom. The van der Waals surface area contributed by atoms with E-state index in [9.17, 15) is 14.7 Å². The Hall–Kier alpha value is -1.30.